The maximum atomic E-state index is 13.4. The molecule has 2 atom stereocenters. The number of benzene rings is 1. The van der Waals surface area contributed by atoms with E-state index in [4.69, 9.17) is 16.7 Å². The average Bonchev–Trinajstić information content (AvgIpc) is 2.39. The second-order valence-electron chi connectivity index (χ2n) is 4.64. The number of hydrogen-bond donors (Lipinski definition) is 2. The molecular formula is C14H17ClFNO3. The fourth-order valence-electron chi connectivity index (χ4n) is 1.66. The van der Waals surface area contributed by atoms with E-state index in [1.165, 1.54) is 12.1 Å². The molecule has 0 fully saturated rings. The molecule has 0 aliphatic rings. The molecule has 2 N–H and O–H groups in total. The van der Waals surface area contributed by atoms with Crippen LogP contribution >= 0.6 is 11.6 Å². The van der Waals surface area contributed by atoms with Gasteiger partial charge in [0.05, 0.1) is 17.5 Å². The van der Waals surface area contributed by atoms with E-state index >= 15 is 0 Å². The maximum absolute atomic E-state index is 13.4. The lowest BCUT2D eigenvalue weighted by Crippen LogP contribution is -2.34. The lowest BCUT2D eigenvalue weighted by molar-refractivity contribution is -0.137. The predicted octanol–water partition coefficient (Wildman–Crippen LogP) is 3.16. The predicted molar refractivity (Wildman–Crippen MR) is 74.0 cm³/mol. The molecule has 6 heteroatoms. The van der Waals surface area contributed by atoms with Crippen molar-refractivity contribution < 1.29 is 19.1 Å². The fourth-order valence-corrected chi connectivity index (χ4v) is 1.77. The Morgan fingerprint density at radius 3 is 2.60 bits per heavy atom. The summed E-state index contributed by atoms with van der Waals surface area (Å²) in [6.07, 6.45) is 0.323. The first-order chi connectivity index (χ1) is 9.35. The molecule has 1 rings (SSSR count). The number of hydrogen-bond acceptors (Lipinski definition) is 2. The second-order valence-corrected chi connectivity index (χ2v) is 5.05. The first-order valence-electron chi connectivity index (χ1n) is 6.32. The van der Waals surface area contributed by atoms with Gasteiger partial charge in [-0.1, -0.05) is 31.5 Å². The van der Waals surface area contributed by atoms with Crippen LogP contribution in [0.2, 0.25) is 5.02 Å². The van der Waals surface area contributed by atoms with Crippen molar-refractivity contribution in [1.82, 2.24) is 5.32 Å². The lowest BCUT2D eigenvalue weighted by atomic mass is 10.0. The number of carbonyl (C=O) groups excluding carboxylic acids is 1. The summed E-state index contributed by atoms with van der Waals surface area (Å²) in [4.78, 5) is 22.8. The summed E-state index contributed by atoms with van der Waals surface area (Å²) in [5, 5.41) is 11.5. The van der Waals surface area contributed by atoms with E-state index in [1.54, 1.807) is 6.92 Å². The van der Waals surface area contributed by atoms with Crippen molar-refractivity contribution in [2.45, 2.75) is 32.7 Å². The molecule has 0 aliphatic heterocycles. The summed E-state index contributed by atoms with van der Waals surface area (Å²) in [6.45, 7) is 3.61. The third-order valence-electron chi connectivity index (χ3n) is 3.10. The zero-order valence-corrected chi connectivity index (χ0v) is 12.1. The number of carboxylic acid groups (broad SMARTS) is 1. The van der Waals surface area contributed by atoms with Crippen LogP contribution < -0.4 is 5.32 Å². The third kappa shape index (κ3) is 4.49. The van der Waals surface area contributed by atoms with Crippen LogP contribution in [0, 0.1) is 11.7 Å². The third-order valence-corrected chi connectivity index (χ3v) is 3.41. The smallest absolute Gasteiger partial charge is 0.305 e. The Balaban J connectivity index is 2.96. The normalized spacial score (nSPS) is 13.6. The van der Waals surface area contributed by atoms with Crippen LogP contribution in [0.5, 0.6) is 0 Å². The van der Waals surface area contributed by atoms with Crippen LogP contribution in [0.15, 0.2) is 18.2 Å². The summed E-state index contributed by atoms with van der Waals surface area (Å²) in [6, 6.07) is 3.22. The molecule has 2 unspecified atom stereocenters. The van der Waals surface area contributed by atoms with Gasteiger partial charge in [0.1, 0.15) is 5.82 Å². The molecule has 0 saturated heterocycles. The van der Waals surface area contributed by atoms with Gasteiger partial charge in [-0.25, -0.2) is 4.39 Å². The van der Waals surface area contributed by atoms with Gasteiger partial charge in [0.2, 0.25) is 5.91 Å². The number of halogens is 2. The summed E-state index contributed by atoms with van der Waals surface area (Å²) in [5.74, 6) is -2.20. The topological polar surface area (TPSA) is 66.4 Å². The first kappa shape index (κ1) is 16.4. The van der Waals surface area contributed by atoms with Crippen LogP contribution in [-0.2, 0) is 9.59 Å². The molecule has 0 spiro atoms. The zero-order chi connectivity index (χ0) is 15.3. The van der Waals surface area contributed by atoms with Crippen molar-refractivity contribution in [1.29, 1.82) is 0 Å². The van der Waals surface area contributed by atoms with Gasteiger partial charge >= 0.3 is 5.97 Å². The second kappa shape index (κ2) is 7.24. The summed E-state index contributed by atoms with van der Waals surface area (Å²) in [7, 11) is 0. The molecular weight excluding hydrogens is 285 g/mol. The molecule has 1 aromatic rings. The van der Waals surface area contributed by atoms with Gasteiger partial charge in [0.25, 0.3) is 0 Å². The zero-order valence-electron chi connectivity index (χ0n) is 11.3. The van der Waals surface area contributed by atoms with Crippen LogP contribution in [-0.4, -0.2) is 17.0 Å². The highest BCUT2D eigenvalue weighted by Gasteiger charge is 2.21. The SMILES string of the molecule is CCC(C)C(=O)NC(CC(=O)O)c1ccc(Cl)c(F)c1. The average molecular weight is 302 g/mol. The van der Waals surface area contributed by atoms with E-state index in [-0.39, 0.29) is 23.3 Å². The number of nitrogens with one attached hydrogen (secondary N) is 1. The Labute approximate surface area is 121 Å². The van der Waals surface area contributed by atoms with Crippen molar-refractivity contribution in [2.24, 2.45) is 5.92 Å². The Bertz CT molecular complexity index is 507. The Morgan fingerprint density at radius 2 is 2.10 bits per heavy atom. The number of rotatable bonds is 6. The number of carbonyl (C=O) groups is 2. The van der Waals surface area contributed by atoms with E-state index < -0.39 is 17.8 Å². The van der Waals surface area contributed by atoms with Gasteiger partial charge in [-0.2, -0.15) is 0 Å². The molecule has 1 amide bonds. The lowest BCUT2D eigenvalue weighted by Gasteiger charge is -2.20. The van der Waals surface area contributed by atoms with Gasteiger partial charge in [-0.15, -0.1) is 0 Å². The molecule has 0 radical (unpaired) electrons. The highest BCUT2D eigenvalue weighted by atomic mass is 35.5. The van der Waals surface area contributed by atoms with Crippen LogP contribution in [0.1, 0.15) is 38.3 Å². The Morgan fingerprint density at radius 1 is 1.45 bits per heavy atom. The largest absolute Gasteiger partial charge is 0.481 e. The standard InChI is InChI=1S/C14H17ClFNO3/c1-3-8(2)14(20)17-12(7-13(18)19)9-4-5-10(15)11(16)6-9/h4-6,8,12H,3,7H2,1-2H3,(H,17,20)(H,18,19). The van der Waals surface area contributed by atoms with Gasteiger partial charge in [0.15, 0.2) is 0 Å². The minimum atomic E-state index is -1.07. The molecule has 110 valence electrons. The van der Waals surface area contributed by atoms with Gasteiger partial charge in [0, 0.05) is 5.92 Å². The van der Waals surface area contributed by atoms with Crippen LogP contribution in [0.25, 0.3) is 0 Å². The number of carboxylic acids is 1. The molecule has 1 aromatic carbocycles. The van der Waals surface area contributed by atoms with E-state index in [9.17, 15) is 14.0 Å². The maximum Gasteiger partial charge on any atom is 0.305 e. The molecule has 4 nitrogen and oxygen atoms in total. The highest BCUT2D eigenvalue weighted by Crippen LogP contribution is 2.23. The monoisotopic (exact) mass is 301 g/mol. The van der Waals surface area contributed by atoms with Crippen LogP contribution in [0.3, 0.4) is 0 Å². The van der Waals surface area contributed by atoms with Crippen molar-refractivity contribution in [3.05, 3.63) is 34.6 Å². The van der Waals surface area contributed by atoms with Gasteiger partial charge in [-0.3, -0.25) is 9.59 Å². The van der Waals surface area contributed by atoms with E-state index in [1.807, 2.05) is 6.92 Å². The van der Waals surface area contributed by atoms with Crippen molar-refractivity contribution >= 4 is 23.5 Å². The number of aliphatic carboxylic acids is 1. The molecule has 0 saturated carbocycles. The highest BCUT2D eigenvalue weighted by molar-refractivity contribution is 6.30. The van der Waals surface area contributed by atoms with Crippen molar-refractivity contribution in [3.8, 4) is 0 Å². The minimum absolute atomic E-state index is 0.0453. The minimum Gasteiger partial charge on any atom is -0.481 e. The van der Waals surface area contributed by atoms with Crippen molar-refractivity contribution in [2.75, 3.05) is 0 Å². The molecule has 0 aliphatic carbocycles. The Kier molecular flexibility index (Phi) is 5.95. The van der Waals surface area contributed by atoms with Gasteiger partial charge in [-0.05, 0) is 24.1 Å². The van der Waals surface area contributed by atoms with E-state index in [2.05, 4.69) is 5.32 Å². The molecule has 0 bridgehead atoms. The quantitative estimate of drug-likeness (QED) is 0.848. The molecule has 0 heterocycles. The molecule has 0 aromatic heterocycles. The van der Waals surface area contributed by atoms with E-state index in [0.29, 0.717) is 12.0 Å². The Hall–Kier alpha value is -1.62. The van der Waals surface area contributed by atoms with Crippen molar-refractivity contribution in [3.63, 3.8) is 0 Å². The molecule has 20 heavy (non-hydrogen) atoms. The summed E-state index contributed by atoms with van der Waals surface area (Å²) < 4.78 is 13.4. The summed E-state index contributed by atoms with van der Waals surface area (Å²) >= 11 is 5.59. The fraction of sp³-hybridized carbons (Fsp3) is 0.429. The van der Waals surface area contributed by atoms with E-state index in [0.717, 1.165) is 6.07 Å². The summed E-state index contributed by atoms with van der Waals surface area (Å²) in [5.41, 5.74) is 0.381. The van der Waals surface area contributed by atoms with Crippen LogP contribution in [0.4, 0.5) is 4.39 Å². The first-order valence-corrected chi connectivity index (χ1v) is 6.70. The van der Waals surface area contributed by atoms with Gasteiger partial charge < -0.3 is 10.4 Å². The number of amides is 1.